The van der Waals surface area contributed by atoms with Crippen LogP contribution < -0.4 is 0 Å². The van der Waals surface area contributed by atoms with Crippen LogP contribution in [0.15, 0.2) is 11.6 Å². The second-order valence-electron chi connectivity index (χ2n) is 9.30. The quantitative estimate of drug-likeness (QED) is 0.370. The van der Waals surface area contributed by atoms with Gasteiger partial charge < -0.3 is 29.5 Å². The Morgan fingerprint density at radius 2 is 2.07 bits per heavy atom. The first kappa shape index (κ1) is 19.3. The zero-order chi connectivity index (χ0) is 19.8. The molecule has 3 fully saturated rings. The number of aliphatic hydroxyl groups excluding tert-OH is 3. The maximum absolute atomic E-state index is 12.3. The van der Waals surface area contributed by atoms with E-state index in [0.717, 1.165) is 5.57 Å². The van der Waals surface area contributed by atoms with Crippen LogP contribution in [0, 0.1) is 16.7 Å². The lowest BCUT2D eigenvalue weighted by molar-refractivity contribution is -0.235. The fraction of sp³-hybridized carbons (Fsp3) is 0.850. The Morgan fingerprint density at radius 1 is 1.41 bits per heavy atom. The molecule has 1 saturated carbocycles. The van der Waals surface area contributed by atoms with Crippen LogP contribution in [-0.4, -0.2) is 70.6 Å². The van der Waals surface area contributed by atoms with Crippen molar-refractivity contribution in [2.75, 3.05) is 13.2 Å². The molecule has 152 valence electrons. The molecule has 0 aromatic carbocycles. The van der Waals surface area contributed by atoms with Crippen LogP contribution >= 0.6 is 0 Å². The van der Waals surface area contributed by atoms with Crippen molar-refractivity contribution in [2.45, 2.75) is 76.7 Å². The van der Waals surface area contributed by atoms with Gasteiger partial charge in [-0.05, 0) is 24.8 Å². The minimum Gasteiger partial charge on any atom is -0.458 e. The molecule has 2 aliphatic carbocycles. The van der Waals surface area contributed by atoms with Crippen molar-refractivity contribution in [1.82, 2.24) is 0 Å². The molecular weight excluding hydrogens is 352 g/mol. The van der Waals surface area contributed by atoms with Gasteiger partial charge in [-0.1, -0.05) is 26.8 Å². The summed E-state index contributed by atoms with van der Waals surface area (Å²) in [7, 11) is 0. The minimum atomic E-state index is -1.10. The summed E-state index contributed by atoms with van der Waals surface area (Å²) in [5, 5.41) is 32.1. The molecule has 3 N–H and O–H groups in total. The molecule has 1 spiro atoms. The van der Waals surface area contributed by atoms with Gasteiger partial charge in [0.05, 0.1) is 25.4 Å². The normalized spacial score (nSPS) is 50.5. The zero-order valence-electron chi connectivity index (χ0n) is 16.3. The number of carbonyl (C=O) groups excluding carboxylic acids is 1. The van der Waals surface area contributed by atoms with E-state index in [1.54, 1.807) is 0 Å². The SMILES string of the molecule is CC1=C[C@H]2OC3[C@H](O)[C@@H](O)[C@](C)([C@@]2(CO)C[C@@H]1OC(=O)CC(C)C)[C@@]31CO1. The van der Waals surface area contributed by atoms with E-state index in [2.05, 4.69) is 0 Å². The average Bonchev–Trinajstić information content (AvgIpc) is 3.38. The number of fused-ring (bicyclic) bond motifs is 2. The Morgan fingerprint density at radius 3 is 2.63 bits per heavy atom. The third kappa shape index (κ3) is 2.29. The Kier molecular flexibility index (Phi) is 4.30. The Labute approximate surface area is 159 Å². The van der Waals surface area contributed by atoms with Gasteiger partial charge in [0.1, 0.15) is 23.9 Å². The molecule has 1 unspecified atom stereocenters. The average molecular weight is 382 g/mol. The van der Waals surface area contributed by atoms with Gasteiger partial charge in [0, 0.05) is 17.3 Å². The number of carbonyl (C=O) groups is 1. The highest BCUT2D eigenvalue weighted by atomic mass is 16.6. The summed E-state index contributed by atoms with van der Waals surface area (Å²) in [5.41, 5.74) is -1.78. The maximum atomic E-state index is 12.3. The van der Waals surface area contributed by atoms with Crippen molar-refractivity contribution in [3.8, 4) is 0 Å². The van der Waals surface area contributed by atoms with E-state index in [1.807, 2.05) is 33.8 Å². The van der Waals surface area contributed by atoms with Crippen LogP contribution in [-0.2, 0) is 19.0 Å². The highest BCUT2D eigenvalue weighted by molar-refractivity contribution is 5.70. The lowest BCUT2D eigenvalue weighted by Crippen LogP contribution is -2.67. The van der Waals surface area contributed by atoms with E-state index < -0.39 is 47.0 Å². The fourth-order valence-corrected chi connectivity index (χ4v) is 5.72. The predicted octanol–water partition coefficient (Wildman–Crippen LogP) is 0.551. The summed E-state index contributed by atoms with van der Waals surface area (Å²) >= 11 is 0. The highest BCUT2D eigenvalue weighted by Crippen LogP contribution is 2.71. The van der Waals surface area contributed by atoms with Gasteiger partial charge in [0.2, 0.25) is 0 Å². The number of ether oxygens (including phenoxy) is 3. The molecule has 2 aliphatic heterocycles. The molecule has 0 radical (unpaired) electrons. The first-order chi connectivity index (χ1) is 12.6. The molecule has 4 aliphatic rings. The number of rotatable bonds is 4. The minimum absolute atomic E-state index is 0.191. The van der Waals surface area contributed by atoms with Crippen LogP contribution in [0.3, 0.4) is 0 Å². The number of epoxide rings is 1. The third-order valence-corrected chi connectivity index (χ3v) is 7.49. The number of hydrogen-bond acceptors (Lipinski definition) is 7. The van der Waals surface area contributed by atoms with Crippen molar-refractivity contribution in [1.29, 1.82) is 0 Å². The van der Waals surface area contributed by atoms with Crippen LogP contribution in [0.1, 0.15) is 40.5 Å². The van der Waals surface area contributed by atoms with E-state index in [1.165, 1.54) is 0 Å². The van der Waals surface area contributed by atoms with Crippen molar-refractivity contribution >= 4 is 5.97 Å². The summed E-state index contributed by atoms with van der Waals surface area (Å²) in [6, 6.07) is 0. The Bertz CT molecular complexity index is 669. The van der Waals surface area contributed by atoms with Gasteiger partial charge in [-0.25, -0.2) is 0 Å². The number of aliphatic hydroxyl groups is 3. The highest BCUT2D eigenvalue weighted by Gasteiger charge is 2.84. The summed E-state index contributed by atoms with van der Waals surface area (Å²) < 4.78 is 17.7. The van der Waals surface area contributed by atoms with Gasteiger partial charge in [-0.2, -0.15) is 0 Å². The van der Waals surface area contributed by atoms with Crippen LogP contribution in [0.5, 0.6) is 0 Å². The summed E-state index contributed by atoms with van der Waals surface area (Å²) in [4.78, 5) is 12.3. The molecule has 7 heteroatoms. The predicted molar refractivity (Wildman–Crippen MR) is 94.7 cm³/mol. The third-order valence-electron chi connectivity index (χ3n) is 7.49. The second kappa shape index (κ2) is 6.00. The molecule has 4 rings (SSSR count). The molecular formula is C20H30O7. The molecule has 0 aromatic heterocycles. The molecule has 27 heavy (non-hydrogen) atoms. The topological polar surface area (TPSA) is 109 Å². The molecule has 0 aromatic rings. The maximum Gasteiger partial charge on any atom is 0.306 e. The zero-order valence-corrected chi connectivity index (χ0v) is 16.3. The van der Waals surface area contributed by atoms with Crippen LogP contribution in [0.4, 0.5) is 0 Å². The monoisotopic (exact) mass is 382 g/mol. The van der Waals surface area contributed by atoms with Crippen molar-refractivity contribution in [3.63, 3.8) is 0 Å². The van der Waals surface area contributed by atoms with E-state index >= 15 is 0 Å². The first-order valence-corrected chi connectivity index (χ1v) is 9.77. The Balaban J connectivity index is 1.71. The number of esters is 1. The van der Waals surface area contributed by atoms with E-state index in [-0.39, 0.29) is 18.5 Å². The van der Waals surface area contributed by atoms with Gasteiger partial charge in [-0.15, -0.1) is 0 Å². The van der Waals surface area contributed by atoms with Gasteiger partial charge in [-0.3, -0.25) is 4.79 Å². The summed E-state index contributed by atoms with van der Waals surface area (Å²) in [6.07, 6.45) is -1.29. The van der Waals surface area contributed by atoms with E-state index in [0.29, 0.717) is 19.4 Å². The molecule has 2 heterocycles. The smallest absolute Gasteiger partial charge is 0.306 e. The van der Waals surface area contributed by atoms with Crippen molar-refractivity contribution < 1.29 is 34.3 Å². The van der Waals surface area contributed by atoms with Crippen LogP contribution in [0.25, 0.3) is 0 Å². The van der Waals surface area contributed by atoms with Gasteiger partial charge >= 0.3 is 5.97 Å². The molecule has 0 amide bonds. The Hall–Kier alpha value is -0.990. The molecule has 2 saturated heterocycles. The largest absolute Gasteiger partial charge is 0.458 e. The van der Waals surface area contributed by atoms with E-state index in [9.17, 15) is 20.1 Å². The summed E-state index contributed by atoms with van der Waals surface area (Å²) in [5.74, 6) is -0.0883. The second-order valence-corrected chi connectivity index (χ2v) is 9.30. The summed E-state index contributed by atoms with van der Waals surface area (Å²) in [6.45, 7) is 7.76. The van der Waals surface area contributed by atoms with Gasteiger partial charge in [0.25, 0.3) is 0 Å². The fourth-order valence-electron chi connectivity index (χ4n) is 5.72. The van der Waals surface area contributed by atoms with Crippen molar-refractivity contribution in [3.05, 3.63) is 11.6 Å². The lowest BCUT2D eigenvalue weighted by Gasteiger charge is -2.58. The van der Waals surface area contributed by atoms with E-state index in [4.69, 9.17) is 14.2 Å². The standard InChI is InChI=1S/C20H30O7/c1-10(2)5-14(22)26-12-7-19(8-21)13(6-11(12)3)27-17-15(23)16(24)18(19,4)20(17)9-25-20/h6,10,12-13,15-17,21,23-24H,5,7-9H2,1-4H3/t12-,13+,15+,16+,17?,18+,19+,20+/m0/s1. The lowest BCUT2D eigenvalue weighted by atomic mass is 9.51. The molecule has 8 atom stereocenters. The number of hydrogen-bond donors (Lipinski definition) is 3. The molecule has 2 bridgehead atoms. The van der Waals surface area contributed by atoms with Crippen LogP contribution in [0.2, 0.25) is 0 Å². The van der Waals surface area contributed by atoms with Gasteiger partial charge in [0.15, 0.2) is 0 Å². The van der Waals surface area contributed by atoms with Crippen molar-refractivity contribution in [2.24, 2.45) is 16.7 Å². The molecule has 7 nitrogen and oxygen atoms in total. The first-order valence-electron chi connectivity index (χ1n) is 9.77.